The van der Waals surface area contributed by atoms with Crippen LogP contribution in [0.3, 0.4) is 0 Å². The minimum atomic E-state index is -0.0420. The van der Waals surface area contributed by atoms with E-state index in [0.29, 0.717) is 36.9 Å². The Morgan fingerprint density at radius 2 is 1.71 bits per heavy atom. The fourth-order valence-electron chi connectivity index (χ4n) is 5.70. The summed E-state index contributed by atoms with van der Waals surface area (Å²) in [7, 11) is 0. The van der Waals surface area contributed by atoms with Crippen LogP contribution in [0, 0.1) is 5.92 Å². The molecule has 3 atom stereocenters. The highest BCUT2D eigenvalue weighted by atomic mass is 16.2. The molecule has 5 heterocycles. The second-order valence-electron chi connectivity index (χ2n) is 8.40. The molecule has 28 heavy (non-hydrogen) atoms. The predicted octanol–water partition coefficient (Wildman–Crippen LogP) is 2.33. The van der Waals surface area contributed by atoms with Crippen molar-refractivity contribution in [1.82, 2.24) is 14.4 Å². The highest BCUT2D eigenvalue weighted by molar-refractivity contribution is 5.77. The summed E-state index contributed by atoms with van der Waals surface area (Å²) in [6, 6.07) is 16.6. The molecule has 4 fully saturated rings. The van der Waals surface area contributed by atoms with Crippen molar-refractivity contribution in [3.8, 4) is 0 Å². The Bertz CT molecular complexity index is 901. The summed E-state index contributed by atoms with van der Waals surface area (Å²) in [4.78, 5) is 30.0. The number of aromatic nitrogens is 1. The quantitative estimate of drug-likeness (QED) is 0.822. The number of pyridine rings is 1. The number of amides is 1. The molecule has 0 unspecified atom stereocenters. The molecular formula is C23H27N3O2. The maximum absolute atomic E-state index is 13.2. The lowest BCUT2D eigenvalue weighted by atomic mass is 9.75. The summed E-state index contributed by atoms with van der Waals surface area (Å²) in [5.74, 6) is 1.20. The average molecular weight is 377 g/mol. The third-order valence-corrected chi connectivity index (χ3v) is 7.01. The standard InChI is InChI=1S/C23H27N3O2/c27-20-8-4-5-12-24(20)15-11-21(28)26-16-19(17-6-2-1-3-7-17)23-22(26)18-9-13-25(23)14-10-18/h1-8,12,18-19,22-23H,9-11,13-16H2/t19-,22+,23+/m0/s1. The molecule has 0 radical (unpaired) electrons. The maximum Gasteiger partial charge on any atom is 0.250 e. The third-order valence-electron chi connectivity index (χ3n) is 7.01. The number of nitrogens with zero attached hydrogens (tertiary/aromatic N) is 3. The Morgan fingerprint density at radius 1 is 0.964 bits per heavy atom. The van der Waals surface area contributed by atoms with Crippen molar-refractivity contribution in [2.75, 3.05) is 19.6 Å². The first-order valence-electron chi connectivity index (χ1n) is 10.5. The first-order chi connectivity index (χ1) is 13.7. The number of benzene rings is 1. The monoisotopic (exact) mass is 377 g/mol. The smallest absolute Gasteiger partial charge is 0.250 e. The van der Waals surface area contributed by atoms with E-state index in [2.05, 4.69) is 40.1 Å². The van der Waals surface area contributed by atoms with E-state index in [1.54, 1.807) is 22.9 Å². The SMILES string of the molecule is O=C(CCn1ccccc1=O)N1C[C@@H](c2ccccc2)[C@@H]2[C@H]1C1CCN2CC1. The van der Waals surface area contributed by atoms with E-state index in [9.17, 15) is 9.59 Å². The summed E-state index contributed by atoms with van der Waals surface area (Å²) in [6.07, 6.45) is 4.56. The van der Waals surface area contributed by atoms with Crippen LogP contribution in [0.1, 0.15) is 30.7 Å². The molecule has 2 bridgehead atoms. The zero-order valence-electron chi connectivity index (χ0n) is 16.1. The van der Waals surface area contributed by atoms with Crippen molar-refractivity contribution in [2.45, 2.75) is 43.8 Å². The fraction of sp³-hybridized carbons (Fsp3) is 0.478. The number of carbonyl (C=O) groups is 1. The first kappa shape index (κ1) is 17.7. The zero-order chi connectivity index (χ0) is 19.1. The van der Waals surface area contributed by atoms with Gasteiger partial charge in [-0.15, -0.1) is 0 Å². The predicted molar refractivity (Wildman–Crippen MR) is 108 cm³/mol. The minimum absolute atomic E-state index is 0.0420. The van der Waals surface area contributed by atoms with Crippen LogP contribution < -0.4 is 5.56 Å². The molecule has 4 saturated heterocycles. The van der Waals surface area contributed by atoms with E-state index in [-0.39, 0.29) is 11.5 Å². The van der Waals surface area contributed by atoms with Crippen LogP contribution in [-0.2, 0) is 11.3 Å². The van der Waals surface area contributed by atoms with Gasteiger partial charge in [0.1, 0.15) is 0 Å². The van der Waals surface area contributed by atoms with Crippen LogP contribution in [0.25, 0.3) is 0 Å². The van der Waals surface area contributed by atoms with Crippen LogP contribution in [0.15, 0.2) is 59.5 Å². The van der Waals surface area contributed by atoms with Gasteiger partial charge in [0, 0.05) is 43.7 Å². The Hall–Kier alpha value is -2.40. The Kier molecular flexibility index (Phi) is 4.55. The summed E-state index contributed by atoms with van der Waals surface area (Å²) in [5, 5.41) is 0. The van der Waals surface area contributed by atoms with E-state index in [4.69, 9.17) is 0 Å². The summed E-state index contributed by atoms with van der Waals surface area (Å²) in [6.45, 7) is 3.58. The molecule has 5 heteroatoms. The lowest BCUT2D eigenvalue weighted by Gasteiger charge is -2.51. The van der Waals surface area contributed by atoms with Gasteiger partial charge in [0.15, 0.2) is 0 Å². The number of fused-ring (bicyclic) bond motifs is 2. The molecule has 1 aromatic carbocycles. The van der Waals surface area contributed by atoms with Gasteiger partial charge in [0.05, 0.1) is 6.04 Å². The van der Waals surface area contributed by atoms with Crippen molar-refractivity contribution >= 4 is 5.91 Å². The zero-order valence-corrected chi connectivity index (χ0v) is 16.1. The Labute approximate surface area is 165 Å². The molecule has 4 aliphatic rings. The lowest BCUT2D eigenvalue weighted by Crippen LogP contribution is -2.60. The number of hydrogen-bond acceptors (Lipinski definition) is 3. The fourth-order valence-corrected chi connectivity index (χ4v) is 5.70. The van der Waals surface area contributed by atoms with Gasteiger partial charge in [-0.3, -0.25) is 14.5 Å². The van der Waals surface area contributed by atoms with Gasteiger partial charge in [-0.25, -0.2) is 0 Å². The topological polar surface area (TPSA) is 45.6 Å². The van der Waals surface area contributed by atoms with E-state index >= 15 is 0 Å². The van der Waals surface area contributed by atoms with Gasteiger partial charge in [0.25, 0.3) is 5.56 Å². The first-order valence-corrected chi connectivity index (χ1v) is 10.5. The normalized spacial score (nSPS) is 31.0. The van der Waals surface area contributed by atoms with E-state index in [1.807, 2.05) is 6.07 Å². The summed E-state index contributed by atoms with van der Waals surface area (Å²) >= 11 is 0. The van der Waals surface area contributed by atoms with Gasteiger partial charge in [-0.2, -0.15) is 0 Å². The third kappa shape index (κ3) is 2.98. The average Bonchev–Trinajstić information content (AvgIpc) is 3.17. The van der Waals surface area contributed by atoms with Crippen LogP contribution >= 0.6 is 0 Å². The number of rotatable bonds is 4. The van der Waals surface area contributed by atoms with Crippen molar-refractivity contribution in [3.05, 3.63) is 70.6 Å². The van der Waals surface area contributed by atoms with Crippen LogP contribution in [0.5, 0.6) is 0 Å². The number of piperidine rings is 3. The van der Waals surface area contributed by atoms with Gasteiger partial charge < -0.3 is 9.47 Å². The lowest BCUT2D eigenvalue weighted by molar-refractivity contribution is -0.136. The van der Waals surface area contributed by atoms with Gasteiger partial charge in [0.2, 0.25) is 5.91 Å². The number of aryl methyl sites for hydroxylation is 1. The molecule has 1 aromatic heterocycles. The number of likely N-dealkylation sites (tertiary alicyclic amines) is 1. The Morgan fingerprint density at radius 3 is 2.46 bits per heavy atom. The largest absolute Gasteiger partial charge is 0.337 e. The van der Waals surface area contributed by atoms with Crippen molar-refractivity contribution in [2.24, 2.45) is 5.92 Å². The summed E-state index contributed by atoms with van der Waals surface area (Å²) in [5.41, 5.74) is 1.30. The molecule has 4 aliphatic heterocycles. The number of carbonyl (C=O) groups excluding carboxylic acids is 1. The van der Waals surface area contributed by atoms with Crippen LogP contribution in [-0.4, -0.2) is 52.0 Å². The highest BCUT2D eigenvalue weighted by Crippen LogP contribution is 2.46. The molecule has 2 aromatic rings. The molecular weight excluding hydrogens is 350 g/mol. The Balaban J connectivity index is 1.39. The molecule has 146 valence electrons. The molecule has 5 nitrogen and oxygen atoms in total. The summed E-state index contributed by atoms with van der Waals surface area (Å²) < 4.78 is 1.64. The molecule has 0 saturated carbocycles. The van der Waals surface area contributed by atoms with Crippen molar-refractivity contribution in [1.29, 1.82) is 0 Å². The van der Waals surface area contributed by atoms with Crippen LogP contribution in [0.4, 0.5) is 0 Å². The van der Waals surface area contributed by atoms with Gasteiger partial charge in [-0.1, -0.05) is 36.4 Å². The molecule has 0 aliphatic carbocycles. The number of hydrogen-bond donors (Lipinski definition) is 0. The second kappa shape index (κ2) is 7.21. The van der Waals surface area contributed by atoms with Crippen molar-refractivity contribution in [3.63, 3.8) is 0 Å². The molecule has 6 rings (SSSR count). The molecule has 0 spiro atoms. The minimum Gasteiger partial charge on any atom is -0.337 e. The van der Waals surface area contributed by atoms with E-state index < -0.39 is 0 Å². The molecule has 0 N–H and O–H groups in total. The van der Waals surface area contributed by atoms with Crippen LogP contribution in [0.2, 0.25) is 0 Å². The van der Waals surface area contributed by atoms with Crippen molar-refractivity contribution < 1.29 is 4.79 Å². The maximum atomic E-state index is 13.2. The van der Waals surface area contributed by atoms with E-state index in [0.717, 1.165) is 19.6 Å². The van der Waals surface area contributed by atoms with Gasteiger partial charge in [-0.05, 0) is 43.5 Å². The van der Waals surface area contributed by atoms with E-state index in [1.165, 1.54) is 18.4 Å². The van der Waals surface area contributed by atoms with Gasteiger partial charge >= 0.3 is 0 Å². The molecule has 1 amide bonds. The highest BCUT2D eigenvalue weighted by Gasteiger charge is 2.54. The second-order valence-corrected chi connectivity index (χ2v) is 8.40.